The molecule has 1 heterocycles. The minimum absolute atomic E-state index is 0.873. The van der Waals surface area contributed by atoms with E-state index in [2.05, 4.69) is 15.3 Å². The van der Waals surface area contributed by atoms with Crippen molar-refractivity contribution in [3.8, 4) is 0 Å². The van der Waals surface area contributed by atoms with Crippen LogP contribution in [-0.2, 0) is 6.42 Å². The summed E-state index contributed by atoms with van der Waals surface area (Å²) in [6.45, 7) is 0.914. The number of anilines is 1. The predicted molar refractivity (Wildman–Crippen MR) is 54.0 cm³/mol. The Morgan fingerprint density at radius 3 is 2.85 bits per heavy atom. The number of nitrogens with one attached hydrogen (secondary N) is 1. The van der Waals surface area contributed by atoms with Crippen molar-refractivity contribution >= 4 is 5.82 Å². The molecule has 0 aliphatic carbocycles. The molecule has 1 aromatic heterocycles. The maximum atomic E-state index is 4.38. The van der Waals surface area contributed by atoms with Crippen LogP contribution in [0.5, 0.6) is 0 Å². The van der Waals surface area contributed by atoms with Crippen LogP contribution in [0.25, 0.3) is 0 Å². The summed E-state index contributed by atoms with van der Waals surface area (Å²) in [4.78, 5) is 10.5. The number of hydrogen-bond acceptors (Lipinski definition) is 4. The van der Waals surface area contributed by atoms with Gasteiger partial charge >= 0.3 is 0 Å². The van der Waals surface area contributed by atoms with Gasteiger partial charge in [-0.15, -0.1) is 0 Å². The van der Waals surface area contributed by atoms with Crippen LogP contribution in [-0.4, -0.2) is 37.7 Å². The third-order valence-corrected chi connectivity index (χ3v) is 1.75. The molecule has 4 heteroatoms. The van der Waals surface area contributed by atoms with E-state index in [4.69, 9.17) is 0 Å². The van der Waals surface area contributed by atoms with Crippen LogP contribution in [0.15, 0.2) is 12.3 Å². The van der Waals surface area contributed by atoms with Gasteiger partial charge in [0.25, 0.3) is 0 Å². The first-order valence-electron chi connectivity index (χ1n) is 4.38. The smallest absolute Gasteiger partial charge is 0.131 e. The third-order valence-electron chi connectivity index (χ3n) is 1.75. The fourth-order valence-electron chi connectivity index (χ4n) is 0.995. The van der Waals surface area contributed by atoms with E-state index in [0.717, 1.165) is 24.6 Å². The molecule has 13 heavy (non-hydrogen) atoms. The molecule has 1 aromatic rings. The molecule has 0 amide bonds. The minimum atomic E-state index is 0.873. The predicted octanol–water partition coefficient (Wildman–Crippen LogP) is 0.304. The molecule has 0 saturated carbocycles. The lowest BCUT2D eigenvalue weighted by molar-refractivity contribution is 0.753. The van der Waals surface area contributed by atoms with Gasteiger partial charge < -0.3 is 10.2 Å². The summed E-state index contributed by atoms with van der Waals surface area (Å²) < 4.78 is 0. The summed E-state index contributed by atoms with van der Waals surface area (Å²) in [7, 11) is 5.88. The van der Waals surface area contributed by atoms with Gasteiger partial charge in [-0.05, 0) is 13.1 Å². The molecule has 0 atom stereocenters. The van der Waals surface area contributed by atoms with Crippen LogP contribution in [0.2, 0.25) is 0 Å². The van der Waals surface area contributed by atoms with Gasteiger partial charge in [0, 0.05) is 33.3 Å². The van der Waals surface area contributed by atoms with Gasteiger partial charge in [0.15, 0.2) is 0 Å². The van der Waals surface area contributed by atoms with Gasteiger partial charge in [0.05, 0.1) is 0 Å². The van der Waals surface area contributed by atoms with Crippen molar-refractivity contribution in [1.29, 1.82) is 0 Å². The van der Waals surface area contributed by atoms with Crippen LogP contribution in [0.4, 0.5) is 5.82 Å². The van der Waals surface area contributed by atoms with E-state index in [1.165, 1.54) is 0 Å². The highest BCUT2D eigenvalue weighted by molar-refractivity contribution is 5.34. The zero-order chi connectivity index (χ0) is 9.68. The SMILES string of the molecule is CNCCc1nccc(N(C)C)n1. The lowest BCUT2D eigenvalue weighted by Crippen LogP contribution is -2.15. The monoisotopic (exact) mass is 180 g/mol. The average molecular weight is 180 g/mol. The lowest BCUT2D eigenvalue weighted by Gasteiger charge is -2.11. The van der Waals surface area contributed by atoms with Gasteiger partial charge in [-0.3, -0.25) is 0 Å². The summed E-state index contributed by atoms with van der Waals surface area (Å²) in [6, 6.07) is 1.91. The number of likely N-dealkylation sites (N-methyl/N-ethyl adjacent to an activating group) is 1. The Kier molecular flexibility index (Phi) is 3.64. The average Bonchev–Trinajstić information content (AvgIpc) is 2.15. The van der Waals surface area contributed by atoms with Crippen molar-refractivity contribution in [2.24, 2.45) is 0 Å². The number of nitrogens with zero attached hydrogens (tertiary/aromatic N) is 3. The highest BCUT2D eigenvalue weighted by Gasteiger charge is 1.99. The molecule has 0 spiro atoms. The third kappa shape index (κ3) is 2.99. The molecule has 4 nitrogen and oxygen atoms in total. The first-order valence-corrected chi connectivity index (χ1v) is 4.38. The maximum Gasteiger partial charge on any atom is 0.131 e. The summed E-state index contributed by atoms with van der Waals surface area (Å²) in [6.07, 6.45) is 2.67. The Labute approximate surface area is 79.0 Å². The van der Waals surface area contributed by atoms with Crippen molar-refractivity contribution < 1.29 is 0 Å². The van der Waals surface area contributed by atoms with E-state index in [0.29, 0.717) is 0 Å². The Morgan fingerprint density at radius 1 is 1.46 bits per heavy atom. The summed E-state index contributed by atoms with van der Waals surface area (Å²) >= 11 is 0. The first kappa shape index (κ1) is 9.92. The van der Waals surface area contributed by atoms with Crippen LogP contribution in [0.1, 0.15) is 5.82 Å². The van der Waals surface area contributed by atoms with Crippen LogP contribution in [0.3, 0.4) is 0 Å². The topological polar surface area (TPSA) is 41.1 Å². The van der Waals surface area contributed by atoms with Crippen LogP contribution < -0.4 is 10.2 Å². The molecule has 1 N–H and O–H groups in total. The van der Waals surface area contributed by atoms with Gasteiger partial charge in [0.1, 0.15) is 11.6 Å². The van der Waals surface area contributed by atoms with E-state index >= 15 is 0 Å². The molecule has 0 fully saturated rings. The van der Waals surface area contributed by atoms with Crippen LogP contribution in [0, 0.1) is 0 Å². The molecule has 0 aromatic carbocycles. The van der Waals surface area contributed by atoms with Crippen molar-refractivity contribution in [2.45, 2.75) is 6.42 Å². The van der Waals surface area contributed by atoms with Crippen molar-refractivity contribution in [1.82, 2.24) is 15.3 Å². The Bertz CT molecular complexity index is 260. The quantitative estimate of drug-likeness (QED) is 0.723. The normalized spacial score (nSPS) is 10.1. The Morgan fingerprint density at radius 2 is 2.23 bits per heavy atom. The number of rotatable bonds is 4. The second-order valence-electron chi connectivity index (χ2n) is 3.08. The molecule has 0 aliphatic rings. The van der Waals surface area contributed by atoms with Gasteiger partial charge in [0.2, 0.25) is 0 Å². The van der Waals surface area contributed by atoms with E-state index in [1.807, 2.05) is 32.1 Å². The van der Waals surface area contributed by atoms with Gasteiger partial charge in [-0.1, -0.05) is 0 Å². The van der Waals surface area contributed by atoms with Gasteiger partial charge in [-0.25, -0.2) is 9.97 Å². The van der Waals surface area contributed by atoms with E-state index in [1.54, 1.807) is 6.20 Å². The standard InChI is InChI=1S/C9H16N4/c1-10-6-4-8-11-7-5-9(12-8)13(2)3/h5,7,10H,4,6H2,1-3H3. The van der Waals surface area contributed by atoms with Gasteiger partial charge in [-0.2, -0.15) is 0 Å². The molecular weight excluding hydrogens is 164 g/mol. The Balaban J connectivity index is 2.68. The largest absolute Gasteiger partial charge is 0.363 e. The molecule has 72 valence electrons. The Hall–Kier alpha value is -1.16. The molecule has 0 saturated heterocycles. The molecule has 0 bridgehead atoms. The second kappa shape index (κ2) is 4.77. The molecule has 0 radical (unpaired) electrons. The summed E-state index contributed by atoms with van der Waals surface area (Å²) in [5, 5.41) is 3.07. The fraction of sp³-hybridized carbons (Fsp3) is 0.556. The molecule has 0 aliphatic heterocycles. The zero-order valence-corrected chi connectivity index (χ0v) is 8.41. The molecule has 0 unspecified atom stereocenters. The first-order chi connectivity index (χ1) is 6.24. The van der Waals surface area contributed by atoms with E-state index in [-0.39, 0.29) is 0 Å². The number of aromatic nitrogens is 2. The molecule has 1 rings (SSSR count). The van der Waals surface area contributed by atoms with E-state index in [9.17, 15) is 0 Å². The highest BCUT2D eigenvalue weighted by atomic mass is 15.1. The highest BCUT2D eigenvalue weighted by Crippen LogP contribution is 2.04. The van der Waals surface area contributed by atoms with Crippen molar-refractivity contribution in [3.05, 3.63) is 18.1 Å². The molecular formula is C9H16N4. The summed E-state index contributed by atoms with van der Waals surface area (Å²) in [5.41, 5.74) is 0. The minimum Gasteiger partial charge on any atom is -0.363 e. The summed E-state index contributed by atoms with van der Waals surface area (Å²) in [5.74, 6) is 1.85. The van der Waals surface area contributed by atoms with Crippen molar-refractivity contribution in [2.75, 3.05) is 32.6 Å². The fourth-order valence-corrected chi connectivity index (χ4v) is 0.995. The number of hydrogen-bond donors (Lipinski definition) is 1. The van der Waals surface area contributed by atoms with E-state index < -0.39 is 0 Å². The second-order valence-corrected chi connectivity index (χ2v) is 3.08. The van der Waals surface area contributed by atoms with Crippen molar-refractivity contribution in [3.63, 3.8) is 0 Å². The lowest BCUT2D eigenvalue weighted by atomic mass is 10.4. The zero-order valence-electron chi connectivity index (χ0n) is 8.41. The maximum absolute atomic E-state index is 4.38. The van der Waals surface area contributed by atoms with Crippen LogP contribution >= 0.6 is 0 Å².